The summed E-state index contributed by atoms with van der Waals surface area (Å²) in [5, 5.41) is 22.3. The van der Waals surface area contributed by atoms with E-state index < -0.39 is 35.4 Å². The molecular formula is C24H37NO7. The van der Waals surface area contributed by atoms with Crippen molar-refractivity contribution in [1.29, 1.82) is 0 Å². The highest BCUT2D eigenvalue weighted by Crippen LogP contribution is 2.43. The maximum atomic E-state index is 12.9. The van der Waals surface area contributed by atoms with E-state index in [1.807, 2.05) is 18.2 Å². The Morgan fingerprint density at radius 3 is 2.31 bits per heavy atom. The minimum absolute atomic E-state index is 0.0147. The molecule has 2 rings (SSSR count). The van der Waals surface area contributed by atoms with Gasteiger partial charge < -0.3 is 19.3 Å². The summed E-state index contributed by atoms with van der Waals surface area (Å²) >= 11 is 0. The number of carbonyl (C=O) groups excluding carboxylic acids is 1. The van der Waals surface area contributed by atoms with E-state index >= 15 is 0 Å². The van der Waals surface area contributed by atoms with Gasteiger partial charge >= 0.3 is 5.97 Å². The molecule has 1 aliphatic carbocycles. The van der Waals surface area contributed by atoms with Gasteiger partial charge in [-0.15, -0.1) is 0 Å². The Balaban J connectivity index is 2.23. The summed E-state index contributed by atoms with van der Waals surface area (Å²) < 4.78 is 16.3. The standard InChI is InChI=1S/C24H37NO7/c1-6-30-23(31-7-2)20(25(28)29)21(26)22(27)32-19-15-16(3)13-14-18(19)24(4,5)17-11-9-8-10-12-17/h8-12,16,18-21,23,26H,6-7,13-15H2,1-5H3/t16-,18-,19-,20-,21+/m1/s1. The van der Waals surface area contributed by atoms with Crippen LogP contribution in [0.1, 0.15) is 59.4 Å². The number of benzene rings is 1. The first-order valence-electron chi connectivity index (χ1n) is 11.4. The highest BCUT2D eigenvalue weighted by atomic mass is 16.7. The number of hydrogen-bond acceptors (Lipinski definition) is 7. The zero-order valence-electron chi connectivity index (χ0n) is 19.7. The molecule has 1 aromatic rings. The number of aliphatic hydroxyl groups is 1. The van der Waals surface area contributed by atoms with Gasteiger partial charge in [0.25, 0.3) is 6.04 Å². The van der Waals surface area contributed by atoms with Gasteiger partial charge in [0, 0.05) is 24.1 Å². The summed E-state index contributed by atoms with van der Waals surface area (Å²) in [6, 6.07) is 8.27. The first-order chi connectivity index (χ1) is 15.1. The van der Waals surface area contributed by atoms with Gasteiger partial charge in [-0.3, -0.25) is 10.1 Å². The molecule has 0 saturated heterocycles. The second-order valence-electron chi connectivity index (χ2n) is 9.09. The molecule has 0 heterocycles. The van der Waals surface area contributed by atoms with Crippen LogP contribution in [0.15, 0.2) is 30.3 Å². The topological polar surface area (TPSA) is 108 Å². The number of ether oxygens (including phenoxy) is 3. The maximum absolute atomic E-state index is 12.9. The predicted molar refractivity (Wildman–Crippen MR) is 120 cm³/mol. The zero-order chi connectivity index (χ0) is 23.9. The lowest BCUT2D eigenvalue weighted by molar-refractivity contribution is -0.558. The Morgan fingerprint density at radius 1 is 1.19 bits per heavy atom. The fraction of sp³-hybridized carbons (Fsp3) is 0.708. The number of aliphatic hydroxyl groups excluding tert-OH is 1. The summed E-state index contributed by atoms with van der Waals surface area (Å²) in [5.41, 5.74) is 0.857. The monoisotopic (exact) mass is 451 g/mol. The highest BCUT2D eigenvalue weighted by Gasteiger charge is 2.48. The normalized spacial score (nSPS) is 23.5. The highest BCUT2D eigenvalue weighted by molar-refractivity contribution is 5.75. The second-order valence-corrected chi connectivity index (χ2v) is 9.09. The summed E-state index contributed by atoms with van der Waals surface area (Å²) in [4.78, 5) is 23.8. The van der Waals surface area contributed by atoms with E-state index in [9.17, 15) is 20.0 Å². The Labute approximate surface area is 190 Å². The molecular weight excluding hydrogens is 414 g/mol. The van der Waals surface area contributed by atoms with E-state index in [1.165, 1.54) is 0 Å². The van der Waals surface area contributed by atoms with Crippen LogP contribution in [0, 0.1) is 22.0 Å². The second kappa shape index (κ2) is 11.7. The van der Waals surface area contributed by atoms with Crippen molar-refractivity contribution in [3.8, 4) is 0 Å². The Bertz CT molecular complexity index is 733. The zero-order valence-corrected chi connectivity index (χ0v) is 19.7. The van der Waals surface area contributed by atoms with E-state index in [0.29, 0.717) is 12.3 Å². The third kappa shape index (κ3) is 6.27. The van der Waals surface area contributed by atoms with Crippen molar-refractivity contribution in [2.24, 2.45) is 11.8 Å². The van der Waals surface area contributed by atoms with E-state index in [4.69, 9.17) is 14.2 Å². The van der Waals surface area contributed by atoms with Crippen LogP contribution in [0.4, 0.5) is 0 Å². The van der Waals surface area contributed by atoms with Crippen LogP contribution in [0.2, 0.25) is 0 Å². The van der Waals surface area contributed by atoms with Crippen molar-refractivity contribution in [3.63, 3.8) is 0 Å². The van der Waals surface area contributed by atoms with E-state index in [0.717, 1.165) is 18.4 Å². The molecule has 0 unspecified atom stereocenters. The molecule has 5 atom stereocenters. The molecule has 0 amide bonds. The van der Waals surface area contributed by atoms with Gasteiger partial charge in [0.1, 0.15) is 6.10 Å². The molecule has 0 spiro atoms. The minimum Gasteiger partial charge on any atom is -0.460 e. The van der Waals surface area contributed by atoms with Crippen molar-refractivity contribution in [2.75, 3.05) is 13.2 Å². The molecule has 1 saturated carbocycles. The molecule has 0 bridgehead atoms. The van der Waals surface area contributed by atoms with E-state index in [-0.39, 0.29) is 24.5 Å². The third-order valence-corrected chi connectivity index (χ3v) is 6.52. The summed E-state index contributed by atoms with van der Waals surface area (Å²) in [5.74, 6) is -0.649. The average Bonchev–Trinajstić information content (AvgIpc) is 2.74. The minimum atomic E-state index is -1.99. The maximum Gasteiger partial charge on any atom is 0.342 e. The lowest BCUT2D eigenvalue weighted by Gasteiger charge is -2.44. The van der Waals surface area contributed by atoms with Gasteiger partial charge in [-0.1, -0.05) is 57.5 Å². The van der Waals surface area contributed by atoms with Crippen LogP contribution >= 0.6 is 0 Å². The largest absolute Gasteiger partial charge is 0.460 e. The van der Waals surface area contributed by atoms with Gasteiger partial charge in [0.2, 0.25) is 12.4 Å². The molecule has 8 heteroatoms. The van der Waals surface area contributed by atoms with Crippen molar-refractivity contribution in [2.45, 2.75) is 83.8 Å². The quantitative estimate of drug-likeness (QED) is 0.236. The summed E-state index contributed by atoms with van der Waals surface area (Å²) in [6.45, 7) is 9.96. The van der Waals surface area contributed by atoms with Gasteiger partial charge in [0.15, 0.2) is 0 Å². The average molecular weight is 452 g/mol. The van der Waals surface area contributed by atoms with Crippen LogP contribution in [-0.2, 0) is 24.4 Å². The molecule has 1 N–H and O–H groups in total. The Hall–Kier alpha value is -2.03. The van der Waals surface area contributed by atoms with Crippen molar-refractivity contribution in [3.05, 3.63) is 46.0 Å². The van der Waals surface area contributed by atoms with Gasteiger partial charge in [-0.25, -0.2) is 4.79 Å². The SMILES string of the molecule is CCOC(OCC)[C@@H]([C@H](O)C(=O)O[C@@H]1C[C@H](C)CC[C@H]1C(C)(C)c1ccccc1)[N+](=O)[O-]. The molecule has 8 nitrogen and oxygen atoms in total. The molecule has 0 aliphatic heterocycles. The lowest BCUT2D eigenvalue weighted by Crippen LogP contribution is -2.52. The third-order valence-electron chi connectivity index (χ3n) is 6.52. The first-order valence-corrected chi connectivity index (χ1v) is 11.4. The van der Waals surface area contributed by atoms with Crippen LogP contribution in [0.25, 0.3) is 0 Å². The molecule has 1 aliphatic rings. The van der Waals surface area contributed by atoms with Crippen molar-refractivity contribution >= 4 is 5.97 Å². The summed E-state index contributed by atoms with van der Waals surface area (Å²) in [7, 11) is 0. The number of carbonyl (C=O) groups is 1. The van der Waals surface area contributed by atoms with E-state index in [1.54, 1.807) is 13.8 Å². The summed E-state index contributed by atoms with van der Waals surface area (Å²) in [6.07, 6.45) is -1.29. The number of rotatable bonds is 11. The van der Waals surface area contributed by atoms with Gasteiger partial charge in [-0.2, -0.15) is 0 Å². The molecule has 1 fully saturated rings. The van der Waals surface area contributed by atoms with Gasteiger partial charge in [-0.05, 0) is 43.6 Å². The van der Waals surface area contributed by atoms with Gasteiger partial charge in [0.05, 0.1) is 0 Å². The predicted octanol–water partition coefficient (Wildman–Crippen LogP) is 3.72. The van der Waals surface area contributed by atoms with Crippen molar-refractivity contribution in [1.82, 2.24) is 0 Å². The number of nitrogens with zero attached hydrogens (tertiary/aromatic N) is 1. The molecule has 32 heavy (non-hydrogen) atoms. The Kier molecular flexibility index (Phi) is 9.61. The molecule has 1 aromatic carbocycles. The molecule has 0 radical (unpaired) electrons. The lowest BCUT2D eigenvalue weighted by atomic mass is 9.64. The van der Waals surface area contributed by atoms with E-state index in [2.05, 4.69) is 32.9 Å². The Morgan fingerprint density at radius 2 is 1.78 bits per heavy atom. The number of hydrogen-bond donors (Lipinski definition) is 1. The molecule has 180 valence electrons. The van der Waals surface area contributed by atoms with Crippen LogP contribution < -0.4 is 0 Å². The van der Waals surface area contributed by atoms with Crippen molar-refractivity contribution < 1.29 is 29.0 Å². The van der Waals surface area contributed by atoms with Crippen LogP contribution in [-0.4, -0.2) is 53.8 Å². The fourth-order valence-corrected chi connectivity index (χ4v) is 4.66. The number of nitro groups is 1. The fourth-order valence-electron chi connectivity index (χ4n) is 4.66. The number of esters is 1. The van der Waals surface area contributed by atoms with Crippen LogP contribution in [0.3, 0.4) is 0 Å². The molecule has 0 aromatic heterocycles. The first kappa shape index (κ1) is 26.2. The smallest absolute Gasteiger partial charge is 0.342 e. The van der Waals surface area contributed by atoms with Crippen LogP contribution in [0.5, 0.6) is 0 Å².